The number of rotatable bonds is 17. The van der Waals surface area contributed by atoms with Crippen molar-refractivity contribution in [3.63, 3.8) is 0 Å². The normalized spacial score (nSPS) is 24.6. The van der Waals surface area contributed by atoms with Crippen LogP contribution >= 0.6 is 0 Å². The number of aromatic amines is 1. The van der Waals surface area contributed by atoms with Crippen molar-refractivity contribution < 1.29 is 81.2 Å². The van der Waals surface area contributed by atoms with Gasteiger partial charge in [-0.2, -0.15) is 0 Å². The number of amides is 8. The van der Waals surface area contributed by atoms with Gasteiger partial charge in [-0.1, -0.05) is 60.1 Å². The highest BCUT2D eigenvalue weighted by Crippen LogP contribution is 2.34. The van der Waals surface area contributed by atoms with Crippen molar-refractivity contribution in [1.29, 1.82) is 0 Å². The number of hydrogen-bond donors (Lipinski definition) is 12. The molecule has 27 nitrogen and oxygen atoms in total. The van der Waals surface area contributed by atoms with Crippen LogP contribution < -0.4 is 47.7 Å². The summed E-state index contributed by atoms with van der Waals surface area (Å²) in [6.07, 6.45) is -6.42. The Bertz CT molecular complexity index is 3270. The van der Waals surface area contributed by atoms with Crippen molar-refractivity contribution in [2.75, 3.05) is 37.3 Å². The molecular weight excluding hydrogens is 1180 g/mol. The van der Waals surface area contributed by atoms with E-state index >= 15 is 8.42 Å². The standard InChI is InChI=1S/C61H86N10O17S/c1-10-31(4)53-58(84)64-24-50(79)66-43-29-89(86,87)59-41(40-16-15-39(23-42(40)67-59)88-28-34-11-13-37(14-12-34)65-55(81)32(5)17-46(75)52(30(2)3)70-61(7,8)9)18-35(56(82)63-25-51(80)68-53)19-47(76)54(33(6)48(77)27-72)69-57(83)44-22-38(73)26-71(44)60(85)36(20-45(43)74)21-49(62)78/h11-16,23,30-33,35-36,38,43-44,48,52-54,67,70,72-73,77H,10,17-22,24-29H2,1-9H3,(H2,62,78)(H,63,82)(H,64,84)(H,65,81)(H,66,79)(H,68,80)(H,69,83)/t31-,32+,33-,35+,36-,38+,43-,44-,48-,52-,53-,54-/m0/s1. The summed E-state index contributed by atoms with van der Waals surface area (Å²) in [5.74, 6) is -16.5. The van der Waals surface area contributed by atoms with Gasteiger partial charge < -0.3 is 72.9 Å². The number of aromatic nitrogens is 1. The molecule has 6 rings (SSSR count). The lowest BCUT2D eigenvalue weighted by Crippen LogP contribution is -2.56. The molecule has 2 bridgehead atoms. The van der Waals surface area contributed by atoms with E-state index < -0.39 is 204 Å². The Morgan fingerprint density at radius 1 is 0.831 bits per heavy atom. The molecule has 488 valence electrons. The molecule has 0 saturated carbocycles. The maximum Gasteiger partial charge on any atom is 0.243 e. The molecule has 1 aromatic heterocycles. The Morgan fingerprint density at radius 3 is 2.10 bits per heavy atom. The zero-order valence-electron chi connectivity index (χ0n) is 51.7. The zero-order valence-corrected chi connectivity index (χ0v) is 52.5. The van der Waals surface area contributed by atoms with Gasteiger partial charge in [-0.3, -0.25) is 52.7 Å². The number of sulfone groups is 1. The Labute approximate surface area is 516 Å². The number of fused-ring (bicyclic) bond motifs is 5. The number of primary amides is 1. The van der Waals surface area contributed by atoms with E-state index in [-0.39, 0.29) is 58.4 Å². The number of nitrogens with one attached hydrogen (secondary N) is 8. The molecule has 0 aliphatic carbocycles. The van der Waals surface area contributed by atoms with Crippen LogP contribution in [0.15, 0.2) is 47.5 Å². The molecule has 3 aliphatic rings. The molecule has 0 spiro atoms. The third-order valence-corrected chi connectivity index (χ3v) is 18.2. The van der Waals surface area contributed by atoms with Gasteiger partial charge in [-0.25, -0.2) is 8.42 Å². The van der Waals surface area contributed by atoms with Gasteiger partial charge in [-0.05, 0) is 74.4 Å². The van der Waals surface area contributed by atoms with E-state index in [4.69, 9.17) is 10.5 Å². The predicted molar refractivity (Wildman–Crippen MR) is 323 cm³/mol. The highest BCUT2D eigenvalue weighted by atomic mass is 32.2. The molecule has 4 heterocycles. The molecule has 1 saturated heterocycles. The first-order valence-corrected chi connectivity index (χ1v) is 31.6. The minimum Gasteiger partial charge on any atom is -0.489 e. The predicted octanol–water partition coefficient (Wildman–Crippen LogP) is -0.253. The average Bonchev–Trinajstić information content (AvgIpc) is 1.66. The van der Waals surface area contributed by atoms with Crippen LogP contribution in [0.5, 0.6) is 5.75 Å². The molecule has 8 amide bonds. The lowest BCUT2D eigenvalue weighted by molar-refractivity contribution is -0.145. The Hall–Kier alpha value is -7.66. The van der Waals surface area contributed by atoms with E-state index in [2.05, 4.69) is 42.2 Å². The SMILES string of the molecule is CC[C@H](C)[C@@H]1NC(=O)CNC(=O)[C@H]2CC(=O)[C@H]([C@@H](C)[C@@H](O)CO)NC(=O)[C@@H]3C[C@@H](O)CN3C(=O)[C@H](CC(N)=O)CC(=O)[C@H](CS(=O)(=O)c3[nH]c4cc(OCc5ccc(NC(=O)[C@H](C)CC(=O)[C@@H](NC(C)(C)C)C(C)C)cc5)ccc4c3C2)NC(=O)CNC1=O. The summed E-state index contributed by atoms with van der Waals surface area (Å²) in [6.45, 7) is 13.0. The van der Waals surface area contributed by atoms with Crippen LogP contribution in [0.25, 0.3) is 10.9 Å². The molecule has 0 radical (unpaired) electrons. The second-order valence-corrected chi connectivity index (χ2v) is 27.1. The van der Waals surface area contributed by atoms with Gasteiger partial charge in [0, 0.05) is 79.1 Å². The molecule has 3 aromatic rings. The first-order valence-electron chi connectivity index (χ1n) is 30.0. The summed E-state index contributed by atoms with van der Waals surface area (Å²) in [5.41, 5.74) is 6.32. The molecule has 13 N–H and O–H groups in total. The number of aliphatic hydroxyl groups is 3. The van der Waals surface area contributed by atoms with Crippen molar-refractivity contribution in [2.24, 2.45) is 41.2 Å². The summed E-state index contributed by atoms with van der Waals surface area (Å²) in [6, 6.07) is 3.98. The van der Waals surface area contributed by atoms with Gasteiger partial charge >= 0.3 is 0 Å². The number of aliphatic hydroxyl groups excluding tert-OH is 3. The minimum absolute atomic E-state index is 0.000860. The molecule has 3 aliphatic heterocycles. The van der Waals surface area contributed by atoms with Gasteiger partial charge in [0.15, 0.2) is 27.2 Å². The Kier molecular flexibility index (Phi) is 23.9. The number of benzene rings is 2. The molecule has 2 aromatic carbocycles. The number of carbonyl (C=O) groups excluding carboxylic acids is 11. The van der Waals surface area contributed by atoms with Crippen molar-refractivity contribution in [3.05, 3.63) is 53.6 Å². The molecular formula is C61H86N10O17S. The van der Waals surface area contributed by atoms with Gasteiger partial charge in [0.2, 0.25) is 47.3 Å². The number of ketones is 3. The van der Waals surface area contributed by atoms with Gasteiger partial charge in [-0.15, -0.1) is 0 Å². The molecule has 12 atom stereocenters. The van der Waals surface area contributed by atoms with E-state index in [1.54, 1.807) is 45.0 Å². The van der Waals surface area contributed by atoms with E-state index in [0.29, 0.717) is 17.7 Å². The van der Waals surface area contributed by atoms with Crippen LogP contribution in [-0.2, 0) is 75.6 Å². The molecule has 0 unspecified atom stereocenters. The first-order chi connectivity index (χ1) is 41.7. The Morgan fingerprint density at radius 2 is 1.48 bits per heavy atom. The molecule has 28 heteroatoms. The summed E-state index contributed by atoms with van der Waals surface area (Å²) in [5, 5.41) is 50.0. The lowest BCUT2D eigenvalue weighted by atomic mass is 9.85. The van der Waals surface area contributed by atoms with E-state index in [1.165, 1.54) is 25.1 Å². The van der Waals surface area contributed by atoms with E-state index in [9.17, 15) is 68.1 Å². The van der Waals surface area contributed by atoms with Crippen molar-refractivity contribution in [3.8, 4) is 5.75 Å². The maximum atomic E-state index is 15.3. The van der Waals surface area contributed by atoms with Crippen LogP contribution in [0, 0.1) is 35.5 Å². The fourth-order valence-electron chi connectivity index (χ4n) is 11.2. The summed E-state index contributed by atoms with van der Waals surface area (Å²) < 4.78 is 36.7. The molecule has 89 heavy (non-hydrogen) atoms. The van der Waals surface area contributed by atoms with Gasteiger partial charge in [0.25, 0.3) is 0 Å². The van der Waals surface area contributed by atoms with Crippen LogP contribution in [0.2, 0.25) is 0 Å². The third-order valence-electron chi connectivity index (χ3n) is 16.4. The highest BCUT2D eigenvalue weighted by Gasteiger charge is 2.46. The fourth-order valence-corrected chi connectivity index (χ4v) is 12.9. The number of carbonyl (C=O) groups is 11. The number of Topliss-reactive ketones (excluding diaryl/α,β-unsaturated/α-hetero) is 3. The zero-order chi connectivity index (χ0) is 66.0. The summed E-state index contributed by atoms with van der Waals surface area (Å²) in [7, 11) is -4.96. The second-order valence-electron chi connectivity index (χ2n) is 25.2. The van der Waals surface area contributed by atoms with Crippen molar-refractivity contribution in [1.82, 2.24) is 41.8 Å². The van der Waals surface area contributed by atoms with Gasteiger partial charge in [0.1, 0.15) is 35.5 Å². The number of nitrogens with two attached hydrogens (primary N) is 1. The van der Waals surface area contributed by atoms with Crippen molar-refractivity contribution >= 4 is 91.0 Å². The van der Waals surface area contributed by atoms with Crippen LogP contribution in [0.4, 0.5) is 5.69 Å². The average molecular weight is 1260 g/mol. The van der Waals surface area contributed by atoms with E-state index in [1.807, 2.05) is 34.6 Å². The number of H-pyrrole nitrogens is 1. The topological polar surface area (TPSA) is 421 Å². The second kappa shape index (κ2) is 30.2. The lowest BCUT2D eigenvalue weighted by Gasteiger charge is -2.32. The van der Waals surface area contributed by atoms with Gasteiger partial charge in [0.05, 0.1) is 61.2 Å². The quantitative estimate of drug-likeness (QED) is 0.0829. The van der Waals surface area contributed by atoms with Crippen molar-refractivity contribution in [2.45, 2.75) is 167 Å². The summed E-state index contributed by atoms with van der Waals surface area (Å²) >= 11 is 0. The fraction of sp³-hybridized carbons (Fsp3) is 0.590. The minimum atomic E-state index is -4.96. The summed E-state index contributed by atoms with van der Waals surface area (Å²) in [4.78, 5) is 157. The number of hydrogen-bond acceptors (Lipinski definition) is 18. The highest BCUT2D eigenvalue weighted by molar-refractivity contribution is 7.91. The largest absolute Gasteiger partial charge is 0.489 e. The first kappa shape index (κ1) is 70.4. The third kappa shape index (κ3) is 18.7. The Balaban J connectivity index is 1.43. The number of nitrogens with zero attached hydrogens (tertiary/aromatic N) is 1. The number of ether oxygens (including phenoxy) is 1. The van der Waals surface area contributed by atoms with Crippen LogP contribution in [0.1, 0.15) is 112 Å². The smallest absolute Gasteiger partial charge is 0.243 e. The number of anilines is 1. The van der Waals surface area contributed by atoms with Crippen LogP contribution in [0.3, 0.4) is 0 Å². The maximum absolute atomic E-state index is 15.3. The molecule has 1 fully saturated rings. The monoisotopic (exact) mass is 1260 g/mol. The van der Waals surface area contributed by atoms with Crippen LogP contribution in [-0.4, -0.2) is 178 Å². The van der Waals surface area contributed by atoms with E-state index in [0.717, 1.165) is 4.90 Å².